The molecule has 1 amide bonds. The first-order chi connectivity index (χ1) is 16.1. The Kier molecular flexibility index (Phi) is 7.99. The fraction of sp³-hybridized carbons (Fsp3) is 0.387. The molecule has 0 radical (unpaired) electrons. The van der Waals surface area contributed by atoms with Crippen molar-refractivity contribution in [1.29, 1.82) is 0 Å². The minimum atomic E-state index is -0.0767. The Bertz CT molecular complexity index is 1010. The number of rotatable bonds is 8. The van der Waals surface area contributed by atoms with Gasteiger partial charge in [0.25, 0.3) is 5.91 Å². The van der Waals surface area contributed by atoms with E-state index in [1.54, 1.807) is 0 Å². The van der Waals surface area contributed by atoms with Gasteiger partial charge in [0.05, 0.1) is 0 Å². The second-order valence-electron chi connectivity index (χ2n) is 9.73. The average Bonchev–Trinajstić information content (AvgIpc) is 2.86. The van der Waals surface area contributed by atoms with Crippen LogP contribution in [0.4, 0.5) is 5.69 Å². The highest BCUT2D eigenvalue weighted by molar-refractivity contribution is 6.04. The molecule has 3 aromatic carbocycles. The maximum Gasteiger partial charge on any atom is 0.255 e. The average molecular weight is 440 g/mol. The Morgan fingerprint density at radius 3 is 2.00 bits per heavy atom. The van der Waals surface area contributed by atoms with Gasteiger partial charge < -0.3 is 5.32 Å². The zero-order chi connectivity index (χ0) is 23.0. The van der Waals surface area contributed by atoms with Gasteiger partial charge >= 0.3 is 0 Å². The van der Waals surface area contributed by atoms with Crippen LogP contribution >= 0.6 is 0 Å². The molecule has 172 valence electrons. The molecule has 0 spiro atoms. The van der Waals surface area contributed by atoms with E-state index in [1.165, 1.54) is 68.1 Å². The SMILES string of the molecule is CCCCCC1CCC(c2ccc(-c3ccc(NC(=O)c4ccc(C)cc4)cc3)cc2)CC1. The normalized spacial score (nSPS) is 18.1. The van der Waals surface area contributed by atoms with Gasteiger partial charge in [0.1, 0.15) is 0 Å². The summed E-state index contributed by atoms with van der Waals surface area (Å²) in [5.41, 5.74) is 6.54. The maximum atomic E-state index is 12.4. The van der Waals surface area contributed by atoms with Crippen molar-refractivity contribution in [1.82, 2.24) is 0 Å². The Labute approximate surface area is 199 Å². The predicted molar refractivity (Wildman–Crippen MR) is 140 cm³/mol. The lowest BCUT2D eigenvalue weighted by Crippen LogP contribution is -2.13. The number of benzene rings is 3. The standard InChI is InChI=1S/C31H37NO/c1-3-4-5-6-24-9-13-25(14-10-24)26-15-17-27(18-16-26)28-19-21-30(22-20-28)32-31(33)29-11-7-23(2)8-12-29/h7-8,11-12,15-22,24-25H,3-6,9-10,13-14H2,1-2H3,(H,32,33). The van der Waals surface area contributed by atoms with Gasteiger partial charge in [0.2, 0.25) is 0 Å². The van der Waals surface area contributed by atoms with E-state index in [2.05, 4.69) is 48.6 Å². The number of carbonyl (C=O) groups is 1. The third kappa shape index (κ3) is 6.35. The highest BCUT2D eigenvalue weighted by Crippen LogP contribution is 2.38. The number of aryl methyl sites for hydroxylation is 1. The molecule has 1 saturated carbocycles. The fourth-order valence-electron chi connectivity index (χ4n) is 5.07. The number of hydrogen-bond donors (Lipinski definition) is 1. The number of carbonyl (C=O) groups excluding carboxylic acids is 1. The van der Waals surface area contributed by atoms with E-state index in [-0.39, 0.29) is 5.91 Å². The van der Waals surface area contributed by atoms with Crippen LogP contribution in [0.2, 0.25) is 0 Å². The minimum Gasteiger partial charge on any atom is -0.322 e. The summed E-state index contributed by atoms with van der Waals surface area (Å²) in [7, 11) is 0. The highest BCUT2D eigenvalue weighted by atomic mass is 16.1. The van der Waals surface area contributed by atoms with Crippen molar-refractivity contribution in [2.75, 3.05) is 5.32 Å². The molecule has 1 fully saturated rings. The molecule has 0 aromatic heterocycles. The summed E-state index contributed by atoms with van der Waals surface area (Å²) in [5.74, 6) is 1.60. The van der Waals surface area contributed by atoms with E-state index >= 15 is 0 Å². The Balaban J connectivity index is 1.32. The number of amides is 1. The van der Waals surface area contributed by atoms with Gasteiger partial charge in [-0.25, -0.2) is 0 Å². The molecule has 4 rings (SSSR count). The van der Waals surface area contributed by atoms with Crippen molar-refractivity contribution in [3.05, 3.63) is 89.5 Å². The van der Waals surface area contributed by atoms with Crippen molar-refractivity contribution in [2.24, 2.45) is 5.92 Å². The van der Waals surface area contributed by atoms with E-state index < -0.39 is 0 Å². The third-order valence-corrected chi connectivity index (χ3v) is 7.23. The molecule has 1 N–H and O–H groups in total. The zero-order valence-corrected chi connectivity index (χ0v) is 20.1. The van der Waals surface area contributed by atoms with E-state index in [0.717, 1.165) is 23.1 Å². The summed E-state index contributed by atoms with van der Waals surface area (Å²) in [6.45, 7) is 4.31. The Morgan fingerprint density at radius 2 is 1.39 bits per heavy atom. The molecule has 0 saturated heterocycles. The van der Waals surface area contributed by atoms with Gasteiger partial charge in [-0.05, 0) is 85.4 Å². The van der Waals surface area contributed by atoms with Crippen LogP contribution in [0.1, 0.15) is 85.7 Å². The van der Waals surface area contributed by atoms with Crippen molar-refractivity contribution in [3.8, 4) is 11.1 Å². The van der Waals surface area contributed by atoms with Gasteiger partial charge in [-0.2, -0.15) is 0 Å². The van der Waals surface area contributed by atoms with E-state index in [4.69, 9.17) is 0 Å². The monoisotopic (exact) mass is 439 g/mol. The molecular weight excluding hydrogens is 402 g/mol. The van der Waals surface area contributed by atoms with Crippen LogP contribution in [-0.2, 0) is 0 Å². The topological polar surface area (TPSA) is 29.1 Å². The molecule has 1 aliphatic carbocycles. The Hall–Kier alpha value is -2.87. The van der Waals surface area contributed by atoms with Crippen LogP contribution in [-0.4, -0.2) is 5.91 Å². The van der Waals surface area contributed by atoms with Gasteiger partial charge in [0.15, 0.2) is 0 Å². The number of anilines is 1. The quantitative estimate of drug-likeness (QED) is 0.349. The summed E-state index contributed by atoms with van der Waals surface area (Å²) in [5, 5.41) is 2.99. The second-order valence-corrected chi connectivity index (χ2v) is 9.73. The number of hydrogen-bond acceptors (Lipinski definition) is 1. The van der Waals surface area contributed by atoms with Crippen molar-refractivity contribution < 1.29 is 4.79 Å². The number of unbranched alkanes of at least 4 members (excludes halogenated alkanes) is 2. The van der Waals surface area contributed by atoms with E-state index in [9.17, 15) is 4.79 Å². The van der Waals surface area contributed by atoms with Gasteiger partial charge in [-0.1, -0.05) is 86.7 Å². The van der Waals surface area contributed by atoms with Crippen molar-refractivity contribution in [3.63, 3.8) is 0 Å². The van der Waals surface area contributed by atoms with Gasteiger partial charge in [-0.3, -0.25) is 4.79 Å². The van der Waals surface area contributed by atoms with Crippen LogP contribution in [0, 0.1) is 12.8 Å². The van der Waals surface area contributed by atoms with Gasteiger partial charge in [0, 0.05) is 11.3 Å². The summed E-state index contributed by atoms with van der Waals surface area (Å²) < 4.78 is 0. The largest absolute Gasteiger partial charge is 0.322 e. The fourth-order valence-corrected chi connectivity index (χ4v) is 5.07. The molecule has 0 atom stereocenters. The van der Waals surface area contributed by atoms with E-state index in [1.807, 2.05) is 43.3 Å². The first kappa shape index (κ1) is 23.3. The summed E-state index contributed by atoms with van der Waals surface area (Å²) >= 11 is 0. The molecule has 3 aromatic rings. The van der Waals surface area contributed by atoms with Crippen molar-refractivity contribution in [2.45, 2.75) is 71.1 Å². The third-order valence-electron chi connectivity index (χ3n) is 7.23. The molecule has 0 unspecified atom stereocenters. The molecule has 2 nitrogen and oxygen atoms in total. The molecule has 2 heteroatoms. The lowest BCUT2D eigenvalue weighted by Gasteiger charge is -2.29. The Morgan fingerprint density at radius 1 is 0.788 bits per heavy atom. The maximum absolute atomic E-state index is 12.4. The van der Waals surface area contributed by atoms with Crippen LogP contribution in [0.15, 0.2) is 72.8 Å². The molecule has 33 heavy (non-hydrogen) atoms. The van der Waals surface area contributed by atoms with Crippen molar-refractivity contribution >= 4 is 11.6 Å². The molecule has 0 heterocycles. The lowest BCUT2D eigenvalue weighted by atomic mass is 9.77. The van der Waals surface area contributed by atoms with Gasteiger partial charge in [-0.15, -0.1) is 0 Å². The minimum absolute atomic E-state index is 0.0767. The molecule has 1 aliphatic rings. The first-order valence-corrected chi connectivity index (χ1v) is 12.7. The summed E-state index contributed by atoms with van der Waals surface area (Å²) in [4.78, 5) is 12.4. The van der Waals surface area contributed by atoms with Crippen LogP contribution in [0.25, 0.3) is 11.1 Å². The van der Waals surface area contributed by atoms with Crippen LogP contribution in [0.3, 0.4) is 0 Å². The second kappa shape index (κ2) is 11.3. The molecule has 0 bridgehead atoms. The first-order valence-electron chi connectivity index (χ1n) is 12.7. The molecular formula is C31H37NO. The van der Waals surface area contributed by atoms with Crippen LogP contribution < -0.4 is 5.32 Å². The highest BCUT2D eigenvalue weighted by Gasteiger charge is 2.22. The molecule has 0 aliphatic heterocycles. The lowest BCUT2D eigenvalue weighted by molar-refractivity contribution is 0.102. The smallest absolute Gasteiger partial charge is 0.255 e. The summed E-state index contributed by atoms with van der Waals surface area (Å²) in [6.07, 6.45) is 11.0. The van der Waals surface area contributed by atoms with Crippen LogP contribution in [0.5, 0.6) is 0 Å². The summed E-state index contributed by atoms with van der Waals surface area (Å²) in [6, 6.07) is 24.9. The van der Waals surface area contributed by atoms with E-state index in [0.29, 0.717) is 5.56 Å². The zero-order valence-electron chi connectivity index (χ0n) is 20.1. The number of nitrogens with one attached hydrogen (secondary N) is 1. The predicted octanol–water partition coefficient (Wildman–Crippen LogP) is 8.77.